The Bertz CT molecular complexity index is 1950. The van der Waals surface area contributed by atoms with Crippen LogP contribution in [0.5, 0.6) is 0 Å². The lowest BCUT2D eigenvalue weighted by molar-refractivity contribution is 0.100. The summed E-state index contributed by atoms with van der Waals surface area (Å²) in [5, 5.41) is 2.04. The number of nitrogens with zero attached hydrogens (tertiary/aromatic N) is 5. The molecule has 0 atom stereocenters. The Hall–Kier alpha value is -4.92. The Morgan fingerprint density at radius 1 is 0.972 bits per heavy atom. The minimum Gasteiger partial charge on any atom is -0.366 e. The van der Waals surface area contributed by atoms with E-state index in [1.165, 1.54) is 9.13 Å². The first-order valence-electron chi connectivity index (χ1n) is 11.4. The molecule has 0 bridgehead atoms. The summed E-state index contributed by atoms with van der Waals surface area (Å²) in [5.74, 6) is -0.0199. The molecular formula is C27H22N6O3. The van der Waals surface area contributed by atoms with Gasteiger partial charge in [0, 0.05) is 30.2 Å². The van der Waals surface area contributed by atoms with Crippen molar-refractivity contribution in [2.24, 2.45) is 12.8 Å². The van der Waals surface area contributed by atoms with Gasteiger partial charge in [-0.1, -0.05) is 42.5 Å². The highest BCUT2D eigenvalue weighted by Gasteiger charge is 2.21. The van der Waals surface area contributed by atoms with E-state index in [2.05, 4.69) is 4.98 Å². The summed E-state index contributed by atoms with van der Waals surface area (Å²) in [7, 11) is 1.62. The minimum atomic E-state index is -0.510. The van der Waals surface area contributed by atoms with Crippen molar-refractivity contribution >= 4 is 33.6 Å². The Balaban J connectivity index is 1.57. The first-order valence-corrected chi connectivity index (χ1v) is 11.4. The molecule has 0 saturated heterocycles. The lowest BCUT2D eigenvalue weighted by Crippen LogP contribution is -2.39. The molecule has 9 heteroatoms. The van der Waals surface area contributed by atoms with Crippen LogP contribution in [0, 0.1) is 6.92 Å². The van der Waals surface area contributed by atoms with Crippen LogP contribution in [0.25, 0.3) is 33.4 Å². The van der Waals surface area contributed by atoms with Crippen molar-refractivity contribution in [1.82, 2.24) is 23.1 Å². The average molecular weight is 479 g/mol. The number of aryl methyl sites for hydroxylation is 2. The van der Waals surface area contributed by atoms with Gasteiger partial charge in [0.05, 0.1) is 6.54 Å². The highest BCUT2D eigenvalue weighted by Crippen LogP contribution is 2.22. The average Bonchev–Trinajstić information content (AvgIpc) is 3.40. The predicted octanol–water partition coefficient (Wildman–Crippen LogP) is 2.75. The molecule has 9 nitrogen and oxygen atoms in total. The first kappa shape index (κ1) is 21.6. The second kappa shape index (κ2) is 7.81. The molecule has 2 N–H and O–H groups in total. The van der Waals surface area contributed by atoms with Gasteiger partial charge in [-0.15, -0.1) is 0 Å². The number of benzene rings is 3. The highest BCUT2D eigenvalue weighted by atomic mass is 16.2. The van der Waals surface area contributed by atoms with Crippen LogP contribution in [0.3, 0.4) is 0 Å². The normalized spacial score (nSPS) is 11.6. The molecule has 3 aromatic carbocycles. The summed E-state index contributed by atoms with van der Waals surface area (Å²) in [4.78, 5) is 43.2. The van der Waals surface area contributed by atoms with Gasteiger partial charge in [-0.2, -0.15) is 4.98 Å². The molecule has 0 saturated carbocycles. The second-order valence-electron chi connectivity index (χ2n) is 8.84. The molecule has 0 unspecified atom stereocenters. The van der Waals surface area contributed by atoms with Crippen LogP contribution in [0.1, 0.15) is 21.6 Å². The van der Waals surface area contributed by atoms with Crippen LogP contribution >= 0.6 is 0 Å². The summed E-state index contributed by atoms with van der Waals surface area (Å²) in [5.41, 5.74) is 8.02. The van der Waals surface area contributed by atoms with E-state index in [0.29, 0.717) is 22.5 Å². The molecule has 0 aliphatic rings. The third-order valence-electron chi connectivity index (χ3n) is 6.64. The zero-order chi connectivity index (χ0) is 25.1. The van der Waals surface area contributed by atoms with Gasteiger partial charge in [0.25, 0.3) is 5.56 Å². The van der Waals surface area contributed by atoms with Crippen molar-refractivity contribution in [2.45, 2.75) is 13.5 Å². The fourth-order valence-corrected chi connectivity index (χ4v) is 4.84. The maximum atomic E-state index is 13.7. The Morgan fingerprint density at radius 2 is 1.69 bits per heavy atom. The summed E-state index contributed by atoms with van der Waals surface area (Å²) in [6.45, 7) is 2.05. The third kappa shape index (κ3) is 3.09. The topological polar surface area (TPSA) is 109 Å². The number of aromatic nitrogens is 5. The lowest BCUT2D eigenvalue weighted by Gasteiger charge is -2.10. The van der Waals surface area contributed by atoms with Crippen LogP contribution < -0.4 is 17.0 Å². The van der Waals surface area contributed by atoms with Crippen molar-refractivity contribution in [2.75, 3.05) is 0 Å². The third-order valence-corrected chi connectivity index (χ3v) is 6.64. The van der Waals surface area contributed by atoms with E-state index in [1.54, 1.807) is 35.7 Å². The van der Waals surface area contributed by atoms with Crippen LogP contribution in [0.15, 0.2) is 82.5 Å². The number of nitrogens with two attached hydrogens (primary N) is 1. The van der Waals surface area contributed by atoms with Crippen LogP contribution in [0.4, 0.5) is 0 Å². The van der Waals surface area contributed by atoms with Gasteiger partial charge < -0.3 is 5.73 Å². The van der Waals surface area contributed by atoms with E-state index in [9.17, 15) is 14.4 Å². The summed E-state index contributed by atoms with van der Waals surface area (Å²) in [6.07, 6.45) is 1.82. The zero-order valence-electron chi connectivity index (χ0n) is 19.7. The quantitative estimate of drug-likeness (QED) is 0.420. The monoisotopic (exact) mass is 478 g/mol. The lowest BCUT2D eigenvalue weighted by atomic mass is 10.0. The molecule has 0 aliphatic heterocycles. The Labute approximate surface area is 204 Å². The molecule has 36 heavy (non-hydrogen) atoms. The van der Waals surface area contributed by atoms with E-state index >= 15 is 0 Å². The molecule has 0 radical (unpaired) electrons. The van der Waals surface area contributed by atoms with E-state index in [0.717, 1.165) is 27.7 Å². The van der Waals surface area contributed by atoms with Gasteiger partial charge >= 0.3 is 5.69 Å². The van der Waals surface area contributed by atoms with Gasteiger partial charge in [0.15, 0.2) is 11.2 Å². The predicted molar refractivity (Wildman–Crippen MR) is 138 cm³/mol. The molecular weight excluding hydrogens is 456 g/mol. The molecule has 1 amide bonds. The van der Waals surface area contributed by atoms with E-state index < -0.39 is 17.2 Å². The SMILES string of the molecule is Cc1cn2c3c(=O)n(Cc4cccc5ccccc45)c(=O)n(C)c3nc2n1-c1ccc(C(N)=O)cc1. The van der Waals surface area contributed by atoms with Crippen molar-refractivity contribution in [3.05, 3.63) is 111 Å². The molecule has 0 spiro atoms. The first-order chi connectivity index (χ1) is 17.3. The van der Waals surface area contributed by atoms with Gasteiger partial charge in [-0.25, -0.2) is 4.79 Å². The summed E-state index contributed by atoms with van der Waals surface area (Å²) >= 11 is 0. The van der Waals surface area contributed by atoms with Gasteiger partial charge in [-0.05, 0) is 47.5 Å². The molecule has 3 heterocycles. The Morgan fingerprint density at radius 3 is 2.44 bits per heavy atom. The Kier molecular flexibility index (Phi) is 4.68. The number of hydrogen-bond donors (Lipinski definition) is 1. The minimum absolute atomic E-state index is 0.143. The van der Waals surface area contributed by atoms with E-state index in [1.807, 2.05) is 60.2 Å². The number of primary amides is 1. The van der Waals surface area contributed by atoms with Crippen molar-refractivity contribution in [1.29, 1.82) is 0 Å². The molecule has 3 aromatic heterocycles. The van der Waals surface area contributed by atoms with Crippen molar-refractivity contribution in [3.8, 4) is 5.69 Å². The number of imidazole rings is 2. The van der Waals surface area contributed by atoms with Crippen molar-refractivity contribution in [3.63, 3.8) is 0 Å². The molecule has 6 aromatic rings. The summed E-state index contributed by atoms with van der Waals surface area (Å²) < 4.78 is 6.25. The fourth-order valence-electron chi connectivity index (χ4n) is 4.84. The van der Waals surface area contributed by atoms with E-state index in [-0.39, 0.29) is 6.54 Å². The van der Waals surface area contributed by atoms with Gasteiger partial charge in [-0.3, -0.25) is 27.7 Å². The maximum Gasteiger partial charge on any atom is 0.332 e. The van der Waals surface area contributed by atoms with Crippen LogP contribution in [0.2, 0.25) is 0 Å². The summed E-state index contributed by atoms with van der Waals surface area (Å²) in [6, 6.07) is 20.6. The molecule has 0 fully saturated rings. The standard InChI is InChI=1S/C27H22N6O3/c1-16-14-31-22-24(29-26(31)33(16)20-12-10-18(11-13-20)23(28)34)30(2)27(36)32(25(22)35)15-19-8-5-7-17-6-3-4-9-21(17)19/h3-14H,15H2,1-2H3,(H2,28,34). The molecule has 6 rings (SSSR count). The molecule has 178 valence electrons. The number of fused-ring (bicyclic) bond motifs is 4. The number of hydrogen-bond acceptors (Lipinski definition) is 4. The fraction of sp³-hybridized carbons (Fsp3) is 0.111. The number of amides is 1. The van der Waals surface area contributed by atoms with Crippen molar-refractivity contribution < 1.29 is 4.79 Å². The van der Waals surface area contributed by atoms with Crippen LogP contribution in [-0.4, -0.2) is 29.0 Å². The number of carbonyl (C=O) groups excluding carboxylic acids is 1. The highest BCUT2D eigenvalue weighted by molar-refractivity contribution is 5.93. The van der Waals surface area contributed by atoms with Gasteiger partial charge in [0.1, 0.15) is 0 Å². The molecule has 0 aliphatic carbocycles. The van der Waals surface area contributed by atoms with Crippen LogP contribution in [-0.2, 0) is 13.6 Å². The smallest absolute Gasteiger partial charge is 0.332 e. The largest absolute Gasteiger partial charge is 0.366 e. The second-order valence-corrected chi connectivity index (χ2v) is 8.84. The van der Waals surface area contributed by atoms with Gasteiger partial charge in [0.2, 0.25) is 11.7 Å². The maximum absolute atomic E-state index is 13.7. The van der Waals surface area contributed by atoms with E-state index in [4.69, 9.17) is 5.73 Å². The number of carbonyl (C=O) groups is 1. The zero-order valence-corrected chi connectivity index (χ0v) is 19.7. The number of rotatable bonds is 4.